The summed E-state index contributed by atoms with van der Waals surface area (Å²) in [5.41, 5.74) is -1.50. The van der Waals surface area contributed by atoms with Gasteiger partial charge in [-0.3, -0.25) is 14.9 Å². The van der Waals surface area contributed by atoms with Crippen molar-refractivity contribution in [2.75, 3.05) is 0 Å². The molecule has 9 heteroatoms. The third-order valence-electron chi connectivity index (χ3n) is 3.46. The van der Waals surface area contributed by atoms with Crippen molar-refractivity contribution in [2.45, 2.75) is 45.6 Å². The van der Waals surface area contributed by atoms with Crippen molar-refractivity contribution in [3.05, 3.63) is 50.6 Å². The molecule has 1 N–H and O–H groups in total. The summed E-state index contributed by atoms with van der Waals surface area (Å²) in [6, 6.07) is 3.68. The number of carbonyl (C=O) groups is 1. The number of amides is 1. The van der Waals surface area contributed by atoms with Gasteiger partial charge >= 0.3 is 0 Å². The van der Waals surface area contributed by atoms with Crippen molar-refractivity contribution >= 4 is 23.2 Å². The van der Waals surface area contributed by atoms with Crippen molar-refractivity contribution in [1.82, 2.24) is 15.5 Å². The number of non-ortho nitro benzene ring substituents is 1. The number of nitrogens with zero attached hydrogens (tertiary/aromatic N) is 3. The maximum atomic E-state index is 12.5. The number of nitrogens with one attached hydrogen (secondary N) is 1. The Labute approximate surface area is 149 Å². The van der Waals surface area contributed by atoms with Gasteiger partial charge in [0.05, 0.1) is 21.0 Å². The highest BCUT2D eigenvalue weighted by atomic mass is 35.5. The lowest BCUT2D eigenvalue weighted by molar-refractivity contribution is -0.384. The number of aromatic nitrogens is 2. The predicted molar refractivity (Wildman–Crippen MR) is 91.6 cm³/mol. The molecule has 2 aromatic rings. The molecule has 0 aliphatic carbocycles. The standard InChI is InChI=1S/C16H19ClN4O4/c1-15(2,3)14-18-13(20-25-14)16(4,5)19-12(22)10-8-9(21(23)24)6-7-11(10)17/h6-8H,1-5H3,(H,19,22). The van der Waals surface area contributed by atoms with Gasteiger partial charge in [0.25, 0.3) is 11.6 Å². The van der Waals surface area contributed by atoms with Crippen molar-refractivity contribution in [3.63, 3.8) is 0 Å². The number of halogens is 1. The molecule has 0 aliphatic rings. The molecule has 1 aromatic heterocycles. The van der Waals surface area contributed by atoms with E-state index in [1.165, 1.54) is 12.1 Å². The summed E-state index contributed by atoms with van der Waals surface area (Å²) >= 11 is 6.00. The first-order chi connectivity index (χ1) is 11.4. The van der Waals surface area contributed by atoms with E-state index in [-0.39, 0.29) is 21.7 Å². The highest BCUT2D eigenvalue weighted by Gasteiger charge is 2.32. The zero-order valence-corrected chi connectivity index (χ0v) is 15.3. The third-order valence-corrected chi connectivity index (χ3v) is 3.79. The zero-order valence-electron chi connectivity index (χ0n) is 14.6. The van der Waals surface area contributed by atoms with Gasteiger partial charge < -0.3 is 9.84 Å². The topological polar surface area (TPSA) is 111 Å². The normalized spacial score (nSPS) is 12.1. The molecule has 0 saturated carbocycles. The summed E-state index contributed by atoms with van der Waals surface area (Å²) in [5, 5.41) is 17.7. The van der Waals surface area contributed by atoms with Crippen molar-refractivity contribution in [3.8, 4) is 0 Å². The first-order valence-corrected chi connectivity index (χ1v) is 7.91. The monoisotopic (exact) mass is 366 g/mol. The van der Waals surface area contributed by atoms with Gasteiger partial charge in [-0.25, -0.2) is 0 Å². The Morgan fingerprint density at radius 2 is 1.92 bits per heavy atom. The molecule has 0 aliphatic heterocycles. The smallest absolute Gasteiger partial charge is 0.270 e. The second-order valence-corrected chi connectivity index (χ2v) is 7.58. The van der Waals surface area contributed by atoms with Crippen LogP contribution in [0.5, 0.6) is 0 Å². The fraction of sp³-hybridized carbons (Fsp3) is 0.438. The van der Waals surface area contributed by atoms with Crippen LogP contribution < -0.4 is 5.32 Å². The van der Waals surface area contributed by atoms with E-state index in [0.29, 0.717) is 11.7 Å². The average Bonchev–Trinajstić information content (AvgIpc) is 2.97. The van der Waals surface area contributed by atoms with Crippen LogP contribution in [0.1, 0.15) is 56.7 Å². The summed E-state index contributed by atoms with van der Waals surface area (Å²) in [6.07, 6.45) is 0. The van der Waals surface area contributed by atoms with Crippen LogP contribution in [0.3, 0.4) is 0 Å². The predicted octanol–water partition coefficient (Wildman–Crippen LogP) is 3.59. The maximum absolute atomic E-state index is 12.5. The summed E-state index contributed by atoms with van der Waals surface area (Å²) < 4.78 is 5.25. The third kappa shape index (κ3) is 4.14. The van der Waals surface area contributed by atoms with E-state index < -0.39 is 16.4 Å². The first kappa shape index (κ1) is 18.9. The minimum absolute atomic E-state index is 0.00322. The van der Waals surface area contributed by atoms with E-state index in [9.17, 15) is 14.9 Å². The van der Waals surface area contributed by atoms with Gasteiger partial charge in [0.1, 0.15) is 0 Å². The number of hydrogen-bond donors (Lipinski definition) is 1. The summed E-state index contributed by atoms with van der Waals surface area (Å²) in [5.74, 6) is 0.173. The zero-order chi connectivity index (χ0) is 19.0. The van der Waals surface area contributed by atoms with Crippen molar-refractivity contribution in [1.29, 1.82) is 0 Å². The molecule has 1 amide bonds. The number of nitro groups is 1. The van der Waals surface area contributed by atoms with E-state index in [0.717, 1.165) is 6.07 Å². The molecule has 2 rings (SSSR count). The number of benzene rings is 1. The van der Waals surface area contributed by atoms with E-state index >= 15 is 0 Å². The van der Waals surface area contributed by atoms with E-state index in [1.807, 2.05) is 20.8 Å². The number of rotatable bonds is 4. The number of hydrogen-bond acceptors (Lipinski definition) is 6. The fourth-order valence-electron chi connectivity index (χ4n) is 1.99. The lowest BCUT2D eigenvalue weighted by atomic mass is 9.96. The Balaban J connectivity index is 2.28. The van der Waals surface area contributed by atoms with Crippen LogP contribution in [0.2, 0.25) is 5.02 Å². The highest BCUT2D eigenvalue weighted by Crippen LogP contribution is 2.26. The average molecular weight is 367 g/mol. The van der Waals surface area contributed by atoms with Crippen LogP contribution in [0.15, 0.2) is 22.7 Å². The van der Waals surface area contributed by atoms with Gasteiger partial charge in [0.15, 0.2) is 5.82 Å². The molecule has 0 fully saturated rings. The van der Waals surface area contributed by atoms with Crippen LogP contribution in [0.4, 0.5) is 5.69 Å². The van der Waals surface area contributed by atoms with Crippen LogP contribution in [-0.4, -0.2) is 21.0 Å². The molecule has 8 nitrogen and oxygen atoms in total. The van der Waals surface area contributed by atoms with E-state index in [2.05, 4.69) is 15.5 Å². The van der Waals surface area contributed by atoms with Gasteiger partial charge in [0.2, 0.25) is 5.89 Å². The summed E-state index contributed by atoms with van der Waals surface area (Å²) in [7, 11) is 0. The molecule has 0 atom stereocenters. The molecule has 134 valence electrons. The lowest BCUT2D eigenvalue weighted by Gasteiger charge is -2.22. The van der Waals surface area contributed by atoms with Crippen LogP contribution >= 0.6 is 11.6 Å². The number of carbonyl (C=O) groups excluding carboxylic acids is 1. The fourth-order valence-corrected chi connectivity index (χ4v) is 2.19. The van der Waals surface area contributed by atoms with Crippen LogP contribution in [-0.2, 0) is 11.0 Å². The van der Waals surface area contributed by atoms with Crippen molar-refractivity contribution < 1.29 is 14.2 Å². The molecule has 1 heterocycles. The minimum Gasteiger partial charge on any atom is -0.340 e. The SMILES string of the molecule is CC(C)(C)c1nc(C(C)(C)NC(=O)c2cc([N+](=O)[O-])ccc2Cl)no1. The molecule has 25 heavy (non-hydrogen) atoms. The minimum atomic E-state index is -0.960. The Kier molecular flexibility index (Phi) is 4.85. The van der Waals surface area contributed by atoms with Gasteiger partial charge in [-0.05, 0) is 19.9 Å². The molecular weight excluding hydrogens is 348 g/mol. The molecule has 0 spiro atoms. The lowest BCUT2D eigenvalue weighted by Crippen LogP contribution is -2.42. The van der Waals surface area contributed by atoms with E-state index in [1.54, 1.807) is 13.8 Å². The largest absolute Gasteiger partial charge is 0.340 e. The van der Waals surface area contributed by atoms with Gasteiger partial charge in [-0.15, -0.1) is 0 Å². The van der Waals surface area contributed by atoms with Gasteiger partial charge in [-0.2, -0.15) is 4.98 Å². The second-order valence-electron chi connectivity index (χ2n) is 7.17. The Hall–Kier alpha value is -2.48. The molecule has 0 unspecified atom stereocenters. The Morgan fingerprint density at radius 1 is 1.28 bits per heavy atom. The molecule has 0 bridgehead atoms. The molecule has 1 aromatic carbocycles. The number of nitro benzene ring substituents is 1. The maximum Gasteiger partial charge on any atom is 0.270 e. The van der Waals surface area contributed by atoms with Gasteiger partial charge in [-0.1, -0.05) is 37.5 Å². The first-order valence-electron chi connectivity index (χ1n) is 7.53. The van der Waals surface area contributed by atoms with E-state index in [4.69, 9.17) is 16.1 Å². The molecule has 0 saturated heterocycles. The Bertz CT molecular complexity index is 824. The molecular formula is C16H19ClN4O4. The second kappa shape index (κ2) is 6.44. The highest BCUT2D eigenvalue weighted by molar-refractivity contribution is 6.34. The van der Waals surface area contributed by atoms with Crippen molar-refractivity contribution in [2.24, 2.45) is 0 Å². The molecule has 0 radical (unpaired) electrons. The van der Waals surface area contributed by atoms with Crippen LogP contribution in [0.25, 0.3) is 0 Å². The summed E-state index contributed by atoms with van der Waals surface area (Å²) in [6.45, 7) is 9.19. The van der Waals surface area contributed by atoms with Gasteiger partial charge in [0, 0.05) is 17.5 Å². The van der Waals surface area contributed by atoms with Crippen LogP contribution in [0, 0.1) is 10.1 Å². The summed E-state index contributed by atoms with van der Waals surface area (Å²) in [4.78, 5) is 27.2. The Morgan fingerprint density at radius 3 is 2.44 bits per heavy atom. The quantitative estimate of drug-likeness (QED) is 0.653.